The van der Waals surface area contributed by atoms with E-state index in [4.69, 9.17) is 5.11 Å². The molecule has 1 atom stereocenters. The SMILES string of the molecule is CC(C)C[C@H]1CN1C(=O)O. The summed E-state index contributed by atoms with van der Waals surface area (Å²) in [5, 5.41) is 8.46. The van der Waals surface area contributed by atoms with Gasteiger partial charge in [-0.15, -0.1) is 0 Å². The average Bonchev–Trinajstić information content (AvgIpc) is 2.43. The van der Waals surface area contributed by atoms with E-state index in [1.807, 2.05) is 0 Å². The number of carbonyl (C=O) groups is 1. The molecule has 0 aliphatic carbocycles. The van der Waals surface area contributed by atoms with Crippen LogP contribution < -0.4 is 0 Å². The van der Waals surface area contributed by atoms with Gasteiger partial charge in [0, 0.05) is 6.54 Å². The molecule has 0 aromatic rings. The number of nitrogens with zero attached hydrogens (tertiary/aromatic N) is 1. The predicted molar refractivity (Wildman–Crippen MR) is 38.0 cm³/mol. The molecule has 1 rings (SSSR count). The van der Waals surface area contributed by atoms with E-state index in [0.717, 1.165) is 13.0 Å². The van der Waals surface area contributed by atoms with Gasteiger partial charge in [0.05, 0.1) is 6.04 Å². The topological polar surface area (TPSA) is 40.3 Å². The molecule has 1 aliphatic heterocycles. The van der Waals surface area contributed by atoms with Crippen LogP contribution in [-0.4, -0.2) is 28.7 Å². The van der Waals surface area contributed by atoms with Gasteiger partial charge in [0.25, 0.3) is 0 Å². The second-order valence-corrected chi connectivity index (χ2v) is 3.22. The molecule has 58 valence electrons. The molecule has 0 aromatic carbocycles. The summed E-state index contributed by atoms with van der Waals surface area (Å²) in [4.78, 5) is 11.8. The van der Waals surface area contributed by atoms with Crippen molar-refractivity contribution >= 4 is 6.09 Å². The van der Waals surface area contributed by atoms with Crippen molar-refractivity contribution in [3.8, 4) is 0 Å². The van der Waals surface area contributed by atoms with E-state index >= 15 is 0 Å². The third-order valence-corrected chi connectivity index (χ3v) is 1.70. The van der Waals surface area contributed by atoms with Crippen LogP contribution in [0.5, 0.6) is 0 Å². The molecule has 0 unspecified atom stereocenters. The standard InChI is InChI=1S/C7H13NO2/c1-5(2)3-6-4-8(6)7(9)10/h5-6H,3-4H2,1-2H3,(H,9,10)/t6-,8?/m0/s1. The molecule has 0 spiro atoms. The van der Waals surface area contributed by atoms with Crippen LogP contribution in [0, 0.1) is 5.92 Å². The first-order chi connectivity index (χ1) is 4.61. The highest BCUT2D eigenvalue weighted by Gasteiger charge is 2.38. The van der Waals surface area contributed by atoms with E-state index in [1.165, 1.54) is 4.90 Å². The number of amides is 1. The van der Waals surface area contributed by atoms with Crippen LogP contribution in [0.4, 0.5) is 4.79 Å². The van der Waals surface area contributed by atoms with Crippen LogP contribution in [0.2, 0.25) is 0 Å². The van der Waals surface area contributed by atoms with E-state index in [0.29, 0.717) is 12.0 Å². The first-order valence-electron chi connectivity index (χ1n) is 3.61. The fourth-order valence-corrected chi connectivity index (χ4v) is 1.16. The summed E-state index contributed by atoms with van der Waals surface area (Å²) in [5.74, 6) is 0.606. The Labute approximate surface area is 60.6 Å². The van der Waals surface area contributed by atoms with Gasteiger partial charge in [-0.25, -0.2) is 4.79 Å². The average molecular weight is 143 g/mol. The summed E-state index contributed by atoms with van der Waals surface area (Å²) in [5.41, 5.74) is 0. The van der Waals surface area contributed by atoms with Crippen molar-refractivity contribution in [3.05, 3.63) is 0 Å². The van der Waals surface area contributed by atoms with E-state index < -0.39 is 6.09 Å². The molecule has 1 fully saturated rings. The highest BCUT2D eigenvalue weighted by atomic mass is 16.4. The Kier molecular flexibility index (Phi) is 1.83. The molecule has 0 saturated carbocycles. The van der Waals surface area contributed by atoms with Crippen LogP contribution in [0.15, 0.2) is 0 Å². The van der Waals surface area contributed by atoms with Gasteiger partial charge in [-0.3, -0.25) is 0 Å². The lowest BCUT2D eigenvalue weighted by Gasteiger charge is -2.01. The van der Waals surface area contributed by atoms with E-state index in [2.05, 4.69) is 13.8 Å². The van der Waals surface area contributed by atoms with Crippen LogP contribution in [-0.2, 0) is 0 Å². The Hall–Kier alpha value is -0.730. The molecule has 1 amide bonds. The highest BCUT2D eigenvalue weighted by molar-refractivity contribution is 5.68. The Balaban J connectivity index is 2.20. The summed E-state index contributed by atoms with van der Waals surface area (Å²) in [6.45, 7) is 4.96. The van der Waals surface area contributed by atoms with Crippen molar-refractivity contribution in [3.63, 3.8) is 0 Å². The van der Waals surface area contributed by atoms with Crippen LogP contribution in [0.3, 0.4) is 0 Å². The molecule has 3 nitrogen and oxygen atoms in total. The minimum Gasteiger partial charge on any atom is -0.465 e. The largest absolute Gasteiger partial charge is 0.465 e. The third kappa shape index (κ3) is 1.62. The summed E-state index contributed by atoms with van der Waals surface area (Å²) in [6.07, 6.45) is 0.234. The lowest BCUT2D eigenvalue weighted by atomic mass is 10.1. The number of hydrogen-bond acceptors (Lipinski definition) is 1. The summed E-state index contributed by atoms with van der Waals surface area (Å²) >= 11 is 0. The van der Waals surface area contributed by atoms with Gasteiger partial charge in [-0.2, -0.15) is 0 Å². The molecule has 1 aliphatic rings. The minimum atomic E-state index is -0.773. The second kappa shape index (κ2) is 2.48. The Morgan fingerprint density at radius 1 is 1.80 bits per heavy atom. The zero-order valence-corrected chi connectivity index (χ0v) is 6.37. The van der Waals surface area contributed by atoms with Crippen molar-refractivity contribution in [1.82, 2.24) is 4.90 Å². The summed E-state index contributed by atoms with van der Waals surface area (Å²) in [7, 11) is 0. The summed E-state index contributed by atoms with van der Waals surface area (Å²) < 4.78 is 0. The zero-order chi connectivity index (χ0) is 7.72. The first kappa shape index (κ1) is 7.38. The first-order valence-corrected chi connectivity index (χ1v) is 3.61. The van der Waals surface area contributed by atoms with Gasteiger partial charge < -0.3 is 10.0 Å². The lowest BCUT2D eigenvalue weighted by Crippen LogP contribution is -2.10. The zero-order valence-electron chi connectivity index (χ0n) is 6.37. The van der Waals surface area contributed by atoms with Gasteiger partial charge in [-0.1, -0.05) is 13.8 Å². The molecule has 10 heavy (non-hydrogen) atoms. The molecule has 0 radical (unpaired) electrons. The number of carboxylic acid groups (broad SMARTS) is 1. The molecule has 3 heteroatoms. The van der Waals surface area contributed by atoms with Crippen molar-refractivity contribution in [2.24, 2.45) is 5.92 Å². The van der Waals surface area contributed by atoms with Crippen molar-refractivity contribution < 1.29 is 9.90 Å². The fourth-order valence-electron chi connectivity index (χ4n) is 1.16. The van der Waals surface area contributed by atoms with Crippen LogP contribution in [0.1, 0.15) is 20.3 Å². The van der Waals surface area contributed by atoms with E-state index in [-0.39, 0.29) is 0 Å². The van der Waals surface area contributed by atoms with Gasteiger partial charge in [0.1, 0.15) is 0 Å². The maximum absolute atomic E-state index is 10.3. The quantitative estimate of drug-likeness (QED) is 0.593. The molecule has 0 bridgehead atoms. The molecule has 0 aromatic heterocycles. The second-order valence-electron chi connectivity index (χ2n) is 3.22. The summed E-state index contributed by atoms with van der Waals surface area (Å²) in [6, 6.07) is 0.317. The van der Waals surface area contributed by atoms with E-state index in [1.54, 1.807) is 0 Å². The highest BCUT2D eigenvalue weighted by Crippen LogP contribution is 2.23. The molecule has 1 heterocycles. The normalized spacial score (nSPS) is 23.5. The van der Waals surface area contributed by atoms with E-state index in [9.17, 15) is 4.79 Å². The Morgan fingerprint density at radius 2 is 2.40 bits per heavy atom. The van der Waals surface area contributed by atoms with Gasteiger partial charge in [0.15, 0.2) is 0 Å². The van der Waals surface area contributed by atoms with Crippen LogP contribution in [0.25, 0.3) is 0 Å². The Morgan fingerprint density at radius 3 is 2.70 bits per heavy atom. The maximum atomic E-state index is 10.3. The fraction of sp³-hybridized carbons (Fsp3) is 0.857. The monoisotopic (exact) mass is 143 g/mol. The smallest absolute Gasteiger partial charge is 0.407 e. The van der Waals surface area contributed by atoms with Gasteiger partial charge in [-0.05, 0) is 12.3 Å². The Bertz CT molecular complexity index is 145. The number of rotatable bonds is 2. The third-order valence-electron chi connectivity index (χ3n) is 1.70. The lowest BCUT2D eigenvalue weighted by molar-refractivity contribution is 0.175. The number of hydrogen-bond donors (Lipinski definition) is 1. The molecular formula is C7H13NO2. The van der Waals surface area contributed by atoms with Gasteiger partial charge >= 0.3 is 6.09 Å². The van der Waals surface area contributed by atoms with Crippen molar-refractivity contribution in [1.29, 1.82) is 0 Å². The predicted octanol–water partition coefficient (Wildman–Crippen LogP) is 1.39. The van der Waals surface area contributed by atoms with Crippen molar-refractivity contribution in [2.75, 3.05) is 6.54 Å². The molecular weight excluding hydrogens is 130 g/mol. The molecule has 1 saturated heterocycles. The maximum Gasteiger partial charge on any atom is 0.407 e. The van der Waals surface area contributed by atoms with Crippen LogP contribution >= 0.6 is 0 Å². The van der Waals surface area contributed by atoms with Crippen molar-refractivity contribution in [2.45, 2.75) is 26.3 Å². The minimum absolute atomic E-state index is 0.317. The molecule has 1 N–H and O–H groups in total. The van der Waals surface area contributed by atoms with Gasteiger partial charge in [0.2, 0.25) is 0 Å².